The molecule has 3 heteroatoms. The number of hydrogen-bond donors (Lipinski definition) is 0. The lowest BCUT2D eigenvalue weighted by atomic mass is 10.2. The normalized spacial score (nSPS) is 11.2. The van der Waals surface area contributed by atoms with Crippen molar-refractivity contribution >= 4 is 23.1 Å². The van der Waals surface area contributed by atoms with Crippen LogP contribution in [0.25, 0.3) is 34.6 Å². The molecule has 0 radical (unpaired) electrons. The Bertz CT molecular complexity index is 1010. The van der Waals surface area contributed by atoms with Crippen molar-refractivity contribution in [3.8, 4) is 11.5 Å². The average molecular weight is 309 g/mol. The number of fused-ring (bicyclic) bond motifs is 1. The van der Waals surface area contributed by atoms with Gasteiger partial charge in [-0.1, -0.05) is 60.7 Å². The van der Waals surface area contributed by atoms with Gasteiger partial charge in [0.1, 0.15) is 5.69 Å². The van der Waals surface area contributed by atoms with Gasteiger partial charge in [0.05, 0.1) is 11.2 Å². The van der Waals surface area contributed by atoms with Gasteiger partial charge < -0.3 is 0 Å². The summed E-state index contributed by atoms with van der Waals surface area (Å²) >= 11 is 0. The van der Waals surface area contributed by atoms with Gasteiger partial charge in [-0.15, -0.1) is 0 Å². The molecule has 0 saturated carbocycles. The van der Waals surface area contributed by atoms with Crippen LogP contribution in [0, 0.1) is 0 Å². The van der Waals surface area contributed by atoms with E-state index in [0.29, 0.717) is 5.82 Å². The van der Waals surface area contributed by atoms with Crippen LogP contribution in [0.1, 0.15) is 11.3 Å². The van der Waals surface area contributed by atoms with E-state index < -0.39 is 0 Å². The average Bonchev–Trinajstić information content (AvgIpc) is 2.67. The zero-order valence-electron chi connectivity index (χ0n) is 13.0. The van der Waals surface area contributed by atoms with E-state index in [1.165, 1.54) is 0 Å². The van der Waals surface area contributed by atoms with Crippen LogP contribution in [-0.2, 0) is 0 Å². The third kappa shape index (κ3) is 3.06. The van der Waals surface area contributed by atoms with E-state index in [9.17, 15) is 0 Å². The molecule has 4 aromatic rings. The first-order valence-electron chi connectivity index (χ1n) is 7.81. The highest BCUT2D eigenvalue weighted by atomic mass is 14.9. The molecular formula is C21H15N3. The summed E-state index contributed by atoms with van der Waals surface area (Å²) < 4.78 is 0. The molecule has 2 heterocycles. The lowest BCUT2D eigenvalue weighted by molar-refractivity contribution is 1.17. The highest BCUT2D eigenvalue weighted by Crippen LogP contribution is 2.17. The predicted molar refractivity (Wildman–Crippen MR) is 98.1 cm³/mol. The predicted octanol–water partition coefficient (Wildman–Crippen LogP) is 4.86. The summed E-state index contributed by atoms with van der Waals surface area (Å²) in [6.07, 6.45) is 5.89. The first-order chi connectivity index (χ1) is 11.9. The minimum atomic E-state index is 0.642. The van der Waals surface area contributed by atoms with Crippen molar-refractivity contribution in [1.82, 2.24) is 15.0 Å². The van der Waals surface area contributed by atoms with Crippen LogP contribution in [0.2, 0.25) is 0 Å². The summed E-state index contributed by atoms with van der Waals surface area (Å²) in [6, 6.07) is 24.0. The highest BCUT2D eigenvalue weighted by molar-refractivity contribution is 5.79. The first kappa shape index (κ1) is 14.3. The molecule has 2 aromatic heterocycles. The number of pyridine rings is 1. The fraction of sp³-hybridized carbons (Fsp3) is 0. The number of nitrogens with zero attached hydrogens (tertiary/aromatic N) is 3. The maximum atomic E-state index is 4.65. The van der Waals surface area contributed by atoms with Gasteiger partial charge in [0.25, 0.3) is 0 Å². The Morgan fingerprint density at radius 3 is 2.42 bits per heavy atom. The Hall–Kier alpha value is -3.33. The number of para-hydroxylation sites is 1. The van der Waals surface area contributed by atoms with Crippen LogP contribution in [0.5, 0.6) is 0 Å². The Kier molecular flexibility index (Phi) is 3.82. The van der Waals surface area contributed by atoms with Gasteiger partial charge in [0.2, 0.25) is 0 Å². The van der Waals surface area contributed by atoms with Crippen molar-refractivity contribution in [3.05, 3.63) is 90.3 Å². The number of aromatic nitrogens is 3. The van der Waals surface area contributed by atoms with Crippen LogP contribution in [-0.4, -0.2) is 15.0 Å². The molecule has 0 bridgehead atoms. The summed E-state index contributed by atoms with van der Waals surface area (Å²) in [7, 11) is 0. The van der Waals surface area contributed by atoms with Gasteiger partial charge in [0.15, 0.2) is 5.82 Å². The lowest BCUT2D eigenvalue weighted by Crippen LogP contribution is -1.93. The van der Waals surface area contributed by atoms with Crippen LogP contribution >= 0.6 is 0 Å². The molecule has 0 amide bonds. The molecule has 0 aliphatic rings. The van der Waals surface area contributed by atoms with Crippen molar-refractivity contribution in [1.29, 1.82) is 0 Å². The van der Waals surface area contributed by atoms with Crippen LogP contribution in [0.3, 0.4) is 0 Å². The maximum Gasteiger partial charge on any atom is 0.178 e. The molecule has 0 atom stereocenters. The lowest BCUT2D eigenvalue weighted by Gasteiger charge is -2.02. The summed E-state index contributed by atoms with van der Waals surface area (Å²) in [6.45, 7) is 0. The summed E-state index contributed by atoms with van der Waals surface area (Å²) in [5.74, 6) is 0.642. The molecule has 2 aromatic carbocycles. The SMILES string of the molecule is C(=Cc1cccc(-c2ncc3ccccc3n2)n1)c1ccccc1. The summed E-state index contributed by atoms with van der Waals surface area (Å²) in [5, 5.41) is 1.03. The van der Waals surface area contributed by atoms with E-state index in [1.807, 2.05) is 79.0 Å². The standard InChI is InChI=1S/C21H15N3/c1-2-7-16(8-3-1)13-14-18-10-6-12-20(23-18)21-22-15-17-9-4-5-11-19(17)24-21/h1-15H. The van der Waals surface area contributed by atoms with Gasteiger partial charge in [-0.3, -0.25) is 0 Å². The molecule has 0 unspecified atom stereocenters. The zero-order chi connectivity index (χ0) is 16.2. The van der Waals surface area contributed by atoms with Crippen LogP contribution < -0.4 is 0 Å². The second kappa shape index (κ2) is 6.42. The Morgan fingerprint density at radius 1 is 0.667 bits per heavy atom. The van der Waals surface area contributed by atoms with E-state index in [2.05, 4.69) is 27.1 Å². The van der Waals surface area contributed by atoms with Gasteiger partial charge in [-0.2, -0.15) is 0 Å². The van der Waals surface area contributed by atoms with E-state index in [0.717, 1.165) is 27.9 Å². The first-order valence-corrected chi connectivity index (χ1v) is 7.81. The topological polar surface area (TPSA) is 38.7 Å². The van der Waals surface area contributed by atoms with E-state index >= 15 is 0 Å². The summed E-state index contributed by atoms with van der Waals surface area (Å²) in [4.78, 5) is 13.7. The number of rotatable bonds is 3. The molecule has 0 N–H and O–H groups in total. The molecule has 0 aliphatic heterocycles. The summed E-state index contributed by atoms with van der Waals surface area (Å²) in [5.41, 5.74) is 3.73. The van der Waals surface area contributed by atoms with Crippen molar-refractivity contribution in [2.24, 2.45) is 0 Å². The third-order valence-corrected chi connectivity index (χ3v) is 3.73. The Balaban J connectivity index is 1.67. The Labute approximate surface area is 140 Å². The van der Waals surface area contributed by atoms with E-state index in [4.69, 9.17) is 0 Å². The molecule has 0 aliphatic carbocycles. The van der Waals surface area contributed by atoms with Gasteiger partial charge >= 0.3 is 0 Å². The Morgan fingerprint density at radius 2 is 1.50 bits per heavy atom. The second-order valence-corrected chi connectivity index (χ2v) is 5.44. The van der Waals surface area contributed by atoms with Crippen LogP contribution in [0.15, 0.2) is 79.0 Å². The van der Waals surface area contributed by atoms with Crippen molar-refractivity contribution in [3.63, 3.8) is 0 Å². The highest BCUT2D eigenvalue weighted by Gasteiger charge is 2.04. The second-order valence-electron chi connectivity index (χ2n) is 5.44. The monoisotopic (exact) mass is 309 g/mol. The molecule has 0 saturated heterocycles. The smallest absolute Gasteiger partial charge is 0.178 e. The molecule has 0 fully saturated rings. The minimum Gasteiger partial charge on any atom is -0.245 e. The fourth-order valence-corrected chi connectivity index (χ4v) is 2.51. The van der Waals surface area contributed by atoms with Crippen molar-refractivity contribution < 1.29 is 0 Å². The molecular weight excluding hydrogens is 294 g/mol. The van der Waals surface area contributed by atoms with E-state index in [-0.39, 0.29) is 0 Å². The molecule has 4 rings (SSSR count). The molecule has 114 valence electrons. The molecule has 24 heavy (non-hydrogen) atoms. The maximum absolute atomic E-state index is 4.65. The van der Waals surface area contributed by atoms with Crippen molar-refractivity contribution in [2.75, 3.05) is 0 Å². The van der Waals surface area contributed by atoms with Gasteiger partial charge in [-0.25, -0.2) is 15.0 Å². The van der Waals surface area contributed by atoms with Gasteiger partial charge in [0, 0.05) is 11.6 Å². The molecule has 3 nitrogen and oxygen atoms in total. The molecule has 0 spiro atoms. The fourth-order valence-electron chi connectivity index (χ4n) is 2.51. The van der Waals surface area contributed by atoms with E-state index in [1.54, 1.807) is 0 Å². The van der Waals surface area contributed by atoms with Crippen molar-refractivity contribution in [2.45, 2.75) is 0 Å². The van der Waals surface area contributed by atoms with Crippen LogP contribution in [0.4, 0.5) is 0 Å². The largest absolute Gasteiger partial charge is 0.245 e. The number of hydrogen-bond acceptors (Lipinski definition) is 3. The number of benzene rings is 2. The third-order valence-electron chi connectivity index (χ3n) is 3.73. The quantitative estimate of drug-likeness (QED) is 0.542. The zero-order valence-corrected chi connectivity index (χ0v) is 13.0. The van der Waals surface area contributed by atoms with Gasteiger partial charge in [-0.05, 0) is 29.8 Å². The minimum absolute atomic E-state index is 0.642.